The summed E-state index contributed by atoms with van der Waals surface area (Å²) in [4.78, 5) is 146. The van der Waals surface area contributed by atoms with E-state index >= 15 is 0 Å². The second-order valence-corrected chi connectivity index (χ2v) is 18.4. The van der Waals surface area contributed by atoms with Crippen LogP contribution in [0.1, 0.15) is 113 Å². The van der Waals surface area contributed by atoms with Crippen molar-refractivity contribution in [3.8, 4) is 0 Å². The SMILES string of the molecule is CC(C)C[C@H](NC(=O)[C@H](CCC(N)=O)NC(=O)[C@H](CC(C)C)NC(=O)[C@@H]1CCCN1C(=O)[C@@H](NC(=O)[C@@H]1CCCN1C(=O)[C@H](CCC(=O)O)NC(=O)[C@H](C)NC(=O)[C@@H](N)CO)C(C)C)C(=O)O. The molecule has 0 bridgehead atoms. The molecule has 0 radical (unpaired) electrons. The van der Waals surface area contributed by atoms with E-state index < -0.39 is 138 Å². The Hall–Kier alpha value is -5.91. The molecule has 9 amide bonds. The maximum absolute atomic E-state index is 14.3. The largest absolute Gasteiger partial charge is 0.481 e. The number of nitrogens with zero attached hydrogens (tertiary/aromatic N) is 2. The summed E-state index contributed by atoms with van der Waals surface area (Å²) in [6, 6.07) is -11.3. The number of carbonyl (C=O) groups is 11. The molecule has 2 aliphatic rings. The van der Waals surface area contributed by atoms with Crippen LogP contribution in [-0.4, -0.2) is 164 Å². The molecule has 0 aliphatic carbocycles. The van der Waals surface area contributed by atoms with Gasteiger partial charge in [-0.2, -0.15) is 0 Å². The standard InChI is InChI=1S/C43H72N10O14/c1-21(2)18-28(38(61)47-26(12-14-32(45)55)37(60)50-29(43(66)67)19-22(3)4)49-39(62)30-10-9-17-53(30)42(65)34(23(5)6)51-40(63)31-11-8-16-52(31)41(64)27(13-15-33(56)57)48-35(58)24(7)46-36(59)25(44)20-54/h21-31,34,54H,8-20,44H2,1-7H3,(H2,45,55)(H,46,59)(H,47,61)(H,48,58)(H,49,62)(H,50,60)(H,51,63)(H,56,57)(H,66,67)/t24-,25-,26-,27-,28-,29-,30-,31-,34-/m0/s1. The molecule has 0 spiro atoms. The molecule has 0 unspecified atom stereocenters. The van der Waals surface area contributed by atoms with Crippen LogP contribution in [0.2, 0.25) is 0 Å². The van der Waals surface area contributed by atoms with Crippen molar-refractivity contribution in [3.63, 3.8) is 0 Å². The Morgan fingerprint density at radius 1 is 0.582 bits per heavy atom. The summed E-state index contributed by atoms with van der Waals surface area (Å²) >= 11 is 0. The van der Waals surface area contributed by atoms with E-state index in [1.54, 1.807) is 41.5 Å². The lowest BCUT2D eigenvalue weighted by Crippen LogP contribution is -2.60. The summed E-state index contributed by atoms with van der Waals surface area (Å²) in [5, 5.41) is 43.4. The van der Waals surface area contributed by atoms with Gasteiger partial charge in [0.05, 0.1) is 6.61 Å². The van der Waals surface area contributed by atoms with Gasteiger partial charge in [0.25, 0.3) is 0 Å². The van der Waals surface area contributed by atoms with E-state index in [9.17, 15) is 63.0 Å². The number of aliphatic hydroxyl groups excluding tert-OH is 1. The first-order chi connectivity index (χ1) is 31.3. The molecule has 0 aromatic rings. The van der Waals surface area contributed by atoms with Crippen molar-refractivity contribution in [2.45, 2.75) is 167 Å². The summed E-state index contributed by atoms with van der Waals surface area (Å²) < 4.78 is 0. The Morgan fingerprint density at radius 3 is 1.55 bits per heavy atom. The molecule has 13 N–H and O–H groups in total. The van der Waals surface area contributed by atoms with E-state index in [0.29, 0.717) is 12.8 Å². The molecule has 24 heteroatoms. The normalized spacial score (nSPS) is 19.0. The Morgan fingerprint density at radius 2 is 1.06 bits per heavy atom. The minimum absolute atomic E-state index is 0.0609. The van der Waals surface area contributed by atoms with E-state index in [0.717, 1.165) is 0 Å². The maximum Gasteiger partial charge on any atom is 0.326 e. The molecule has 67 heavy (non-hydrogen) atoms. The first-order valence-electron chi connectivity index (χ1n) is 22.8. The first-order valence-corrected chi connectivity index (χ1v) is 22.8. The lowest BCUT2D eigenvalue weighted by Gasteiger charge is -2.33. The van der Waals surface area contributed by atoms with Crippen molar-refractivity contribution >= 4 is 65.1 Å². The molecule has 0 aromatic carbocycles. The van der Waals surface area contributed by atoms with Crippen molar-refractivity contribution in [2.24, 2.45) is 29.2 Å². The van der Waals surface area contributed by atoms with E-state index in [2.05, 4.69) is 31.9 Å². The summed E-state index contributed by atoms with van der Waals surface area (Å²) in [6.07, 6.45) is -0.172. The third kappa shape index (κ3) is 18.0. The van der Waals surface area contributed by atoms with Gasteiger partial charge < -0.3 is 68.5 Å². The Labute approximate surface area is 390 Å². The molecule has 2 aliphatic heterocycles. The van der Waals surface area contributed by atoms with Gasteiger partial charge >= 0.3 is 11.9 Å². The van der Waals surface area contributed by atoms with Crippen LogP contribution in [0.3, 0.4) is 0 Å². The molecule has 2 fully saturated rings. The minimum atomic E-state index is -1.42. The predicted molar refractivity (Wildman–Crippen MR) is 238 cm³/mol. The van der Waals surface area contributed by atoms with Gasteiger partial charge in [0.1, 0.15) is 54.4 Å². The number of carboxylic acid groups (broad SMARTS) is 2. The number of hydrogen-bond acceptors (Lipinski definition) is 13. The highest BCUT2D eigenvalue weighted by atomic mass is 16.4. The first kappa shape index (κ1) is 57.2. The molecule has 2 heterocycles. The molecule has 2 rings (SSSR count). The van der Waals surface area contributed by atoms with Crippen molar-refractivity contribution in [2.75, 3.05) is 19.7 Å². The average Bonchev–Trinajstić information content (AvgIpc) is 3.95. The highest BCUT2D eigenvalue weighted by Gasteiger charge is 2.43. The van der Waals surface area contributed by atoms with Crippen LogP contribution in [0.4, 0.5) is 0 Å². The van der Waals surface area contributed by atoms with Crippen LogP contribution in [0.5, 0.6) is 0 Å². The number of nitrogens with two attached hydrogens (primary N) is 2. The molecule has 378 valence electrons. The number of primary amides is 1. The number of aliphatic carboxylic acids is 2. The highest BCUT2D eigenvalue weighted by Crippen LogP contribution is 2.24. The number of rotatable bonds is 27. The second-order valence-electron chi connectivity index (χ2n) is 18.4. The van der Waals surface area contributed by atoms with Gasteiger partial charge in [0, 0.05) is 25.9 Å². The summed E-state index contributed by atoms with van der Waals surface area (Å²) in [5.74, 6) is -10.2. The average molecular weight is 953 g/mol. The predicted octanol–water partition coefficient (Wildman–Crippen LogP) is -2.82. The van der Waals surface area contributed by atoms with E-state index in [1.165, 1.54) is 16.7 Å². The monoisotopic (exact) mass is 953 g/mol. The number of hydrogen-bond donors (Lipinski definition) is 11. The van der Waals surface area contributed by atoms with E-state index in [1.807, 2.05) is 0 Å². The Kier molecular flexibility index (Phi) is 23.1. The number of carboxylic acids is 2. The molecule has 2 saturated heterocycles. The number of amides is 9. The fourth-order valence-electron chi connectivity index (χ4n) is 7.80. The van der Waals surface area contributed by atoms with Gasteiger partial charge in [-0.05, 0) is 76.0 Å². The fourth-order valence-corrected chi connectivity index (χ4v) is 7.80. The smallest absolute Gasteiger partial charge is 0.326 e. The maximum atomic E-state index is 14.3. The Bertz CT molecular complexity index is 1810. The summed E-state index contributed by atoms with van der Waals surface area (Å²) in [6.45, 7) is 11.2. The highest BCUT2D eigenvalue weighted by molar-refractivity contribution is 5.98. The Balaban J connectivity index is 2.28. The van der Waals surface area contributed by atoms with Crippen LogP contribution in [-0.2, 0) is 52.7 Å². The minimum Gasteiger partial charge on any atom is -0.481 e. The van der Waals surface area contributed by atoms with Crippen molar-refractivity contribution in [1.29, 1.82) is 0 Å². The molecular weight excluding hydrogens is 881 g/mol. The van der Waals surface area contributed by atoms with Crippen LogP contribution in [0.25, 0.3) is 0 Å². The molecule has 24 nitrogen and oxygen atoms in total. The van der Waals surface area contributed by atoms with Crippen LogP contribution in [0, 0.1) is 17.8 Å². The van der Waals surface area contributed by atoms with E-state index in [4.69, 9.17) is 16.6 Å². The molecule has 0 aromatic heterocycles. The van der Waals surface area contributed by atoms with Crippen LogP contribution >= 0.6 is 0 Å². The van der Waals surface area contributed by atoms with Gasteiger partial charge in [0.2, 0.25) is 53.2 Å². The van der Waals surface area contributed by atoms with Gasteiger partial charge in [-0.15, -0.1) is 0 Å². The third-order valence-corrected chi connectivity index (χ3v) is 11.4. The zero-order valence-electron chi connectivity index (χ0n) is 39.5. The number of nitrogens with one attached hydrogen (secondary N) is 6. The lowest BCUT2D eigenvalue weighted by molar-refractivity contribution is -0.145. The zero-order chi connectivity index (χ0) is 50.9. The fraction of sp³-hybridized carbons (Fsp3) is 0.744. The summed E-state index contributed by atoms with van der Waals surface area (Å²) in [5.41, 5.74) is 10.8. The molecule has 0 saturated carbocycles. The van der Waals surface area contributed by atoms with Crippen molar-refractivity contribution in [3.05, 3.63) is 0 Å². The quantitative estimate of drug-likeness (QED) is 0.0396. The number of likely N-dealkylation sites (tertiary alicyclic amines) is 2. The third-order valence-electron chi connectivity index (χ3n) is 11.4. The van der Waals surface area contributed by atoms with Gasteiger partial charge in [-0.1, -0.05) is 41.5 Å². The topological polar surface area (TPSA) is 379 Å². The second kappa shape index (κ2) is 27.0. The lowest BCUT2D eigenvalue weighted by atomic mass is 10.00. The summed E-state index contributed by atoms with van der Waals surface area (Å²) in [7, 11) is 0. The van der Waals surface area contributed by atoms with Gasteiger partial charge in [-0.25, -0.2) is 4.79 Å². The van der Waals surface area contributed by atoms with Crippen molar-refractivity contribution < 1.29 is 68.1 Å². The van der Waals surface area contributed by atoms with Crippen LogP contribution < -0.4 is 43.4 Å². The molecule has 9 atom stereocenters. The van der Waals surface area contributed by atoms with Crippen LogP contribution in [0.15, 0.2) is 0 Å². The zero-order valence-corrected chi connectivity index (χ0v) is 39.5. The van der Waals surface area contributed by atoms with Gasteiger partial charge in [-0.3, -0.25) is 47.9 Å². The number of carbonyl (C=O) groups excluding carboxylic acids is 9. The van der Waals surface area contributed by atoms with Gasteiger partial charge in [0.15, 0.2) is 0 Å². The van der Waals surface area contributed by atoms with E-state index in [-0.39, 0.29) is 69.9 Å². The molecular formula is C43H72N10O14. The van der Waals surface area contributed by atoms with Crippen molar-refractivity contribution in [1.82, 2.24) is 41.7 Å². The number of aliphatic hydroxyl groups is 1.